The van der Waals surface area contributed by atoms with Crippen LogP contribution in [0.4, 0.5) is 0 Å². The Morgan fingerprint density at radius 2 is 1.56 bits per heavy atom. The number of nitrogens with zero attached hydrogens (tertiary/aromatic N) is 2. The number of hydrogen-bond acceptors (Lipinski definition) is 5. The second kappa shape index (κ2) is 12.5. The van der Waals surface area contributed by atoms with E-state index in [1.54, 1.807) is 0 Å². The molecule has 0 radical (unpaired) electrons. The van der Waals surface area contributed by atoms with Crippen LogP contribution in [0.1, 0.15) is 74.0 Å². The predicted octanol–water partition coefficient (Wildman–Crippen LogP) is 4.14. The van der Waals surface area contributed by atoms with Crippen LogP contribution in [0.3, 0.4) is 0 Å². The highest BCUT2D eigenvalue weighted by molar-refractivity contribution is 5.92. The van der Waals surface area contributed by atoms with E-state index in [0.29, 0.717) is 17.9 Å². The zero-order chi connectivity index (χ0) is 26.2. The first-order chi connectivity index (χ1) is 17.2. The van der Waals surface area contributed by atoms with Crippen LogP contribution in [-0.4, -0.2) is 49.0 Å². The van der Waals surface area contributed by atoms with Gasteiger partial charge in [-0.1, -0.05) is 60.7 Å². The van der Waals surface area contributed by atoms with Gasteiger partial charge >= 0.3 is 5.97 Å². The Balaban J connectivity index is 1.91. The van der Waals surface area contributed by atoms with Gasteiger partial charge in [-0.2, -0.15) is 0 Å². The molecule has 0 bridgehead atoms. The van der Waals surface area contributed by atoms with E-state index in [1.807, 2.05) is 86.0 Å². The molecule has 8 nitrogen and oxygen atoms in total. The lowest BCUT2D eigenvalue weighted by molar-refractivity contribution is -0.139. The molecule has 0 unspecified atom stereocenters. The van der Waals surface area contributed by atoms with E-state index < -0.39 is 24.6 Å². The van der Waals surface area contributed by atoms with E-state index in [-0.39, 0.29) is 30.8 Å². The number of aliphatic hydroxyl groups is 2. The molecule has 0 spiro atoms. The third-order valence-electron chi connectivity index (χ3n) is 6.09. The summed E-state index contributed by atoms with van der Waals surface area (Å²) in [6.45, 7) is 5.88. The number of amides is 1. The quantitative estimate of drug-likeness (QED) is 0.301. The molecule has 4 N–H and O–H groups in total. The number of nitrogens with one attached hydrogen (secondary N) is 1. The van der Waals surface area contributed by atoms with Crippen molar-refractivity contribution >= 4 is 11.9 Å². The number of aliphatic hydroxyl groups excluding tert-OH is 2. The second-order valence-electron chi connectivity index (χ2n) is 9.35. The number of carbonyl (C=O) groups excluding carboxylic acids is 1. The Hall–Kier alpha value is -3.49. The minimum Gasteiger partial charge on any atom is -0.481 e. The van der Waals surface area contributed by atoms with Crippen molar-refractivity contribution in [1.82, 2.24) is 14.9 Å². The SMILES string of the molecule is CC(C)n1c(C(=O)N[C@@H](C)c2ccccc2)nc(-c2ccccc2)c1CC[C@@H](O)C[C@@H](O)CC(=O)O. The highest BCUT2D eigenvalue weighted by Crippen LogP contribution is 2.29. The Kier molecular flexibility index (Phi) is 9.38. The van der Waals surface area contributed by atoms with Crippen LogP contribution in [0.25, 0.3) is 11.3 Å². The van der Waals surface area contributed by atoms with Gasteiger partial charge in [0.05, 0.1) is 30.4 Å². The van der Waals surface area contributed by atoms with E-state index in [9.17, 15) is 19.8 Å². The smallest absolute Gasteiger partial charge is 0.305 e. The van der Waals surface area contributed by atoms with Crippen LogP contribution >= 0.6 is 0 Å². The maximum Gasteiger partial charge on any atom is 0.305 e. The summed E-state index contributed by atoms with van der Waals surface area (Å²) in [4.78, 5) is 29.0. The van der Waals surface area contributed by atoms with Crippen LogP contribution in [-0.2, 0) is 11.2 Å². The second-order valence-corrected chi connectivity index (χ2v) is 9.35. The molecule has 192 valence electrons. The zero-order valence-corrected chi connectivity index (χ0v) is 21.0. The molecule has 0 saturated heterocycles. The van der Waals surface area contributed by atoms with Crippen molar-refractivity contribution < 1.29 is 24.9 Å². The first-order valence-electron chi connectivity index (χ1n) is 12.3. The number of hydrogen-bond donors (Lipinski definition) is 4. The largest absolute Gasteiger partial charge is 0.481 e. The summed E-state index contributed by atoms with van der Waals surface area (Å²) in [5.74, 6) is -1.11. The third kappa shape index (κ3) is 7.02. The molecule has 1 aromatic heterocycles. The fraction of sp³-hybridized carbons (Fsp3) is 0.393. The molecule has 3 rings (SSSR count). The third-order valence-corrected chi connectivity index (χ3v) is 6.09. The predicted molar refractivity (Wildman–Crippen MR) is 138 cm³/mol. The van der Waals surface area contributed by atoms with Crippen molar-refractivity contribution in [2.45, 2.75) is 70.7 Å². The Morgan fingerprint density at radius 3 is 2.14 bits per heavy atom. The first kappa shape index (κ1) is 27.1. The molecule has 1 heterocycles. The average Bonchev–Trinajstić information content (AvgIpc) is 3.23. The van der Waals surface area contributed by atoms with E-state index in [0.717, 1.165) is 16.8 Å². The van der Waals surface area contributed by atoms with Crippen LogP contribution in [0.2, 0.25) is 0 Å². The molecule has 0 aliphatic carbocycles. The van der Waals surface area contributed by atoms with Crippen LogP contribution in [0, 0.1) is 0 Å². The minimum absolute atomic E-state index is 0.0370. The molecule has 1 amide bonds. The maximum atomic E-state index is 13.4. The topological polar surface area (TPSA) is 125 Å². The molecular weight excluding hydrogens is 458 g/mol. The molecule has 8 heteroatoms. The van der Waals surface area contributed by atoms with Crippen molar-refractivity contribution in [1.29, 1.82) is 0 Å². The summed E-state index contributed by atoms with van der Waals surface area (Å²) < 4.78 is 1.90. The summed E-state index contributed by atoms with van der Waals surface area (Å²) in [7, 11) is 0. The van der Waals surface area contributed by atoms with Gasteiger partial charge in [-0.3, -0.25) is 9.59 Å². The van der Waals surface area contributed by atoms with E-state index in [4.69, 9.17) is 10.1 Å². The van der Waals surface area contributed by atoms with Crippen LogP contribution < -0.4 is 5.32 Å². The van der Waals surface area contributed by atoms with Gasteiger partial charge in [-0.25, -0.2) is 4.98 Å². The number of benzene rings is 2. The van der Waals surface area contributed by atoms with Gasteiger partial charge in [0.25, 0.3) is 5.91 Å². The van der Waals surface area contributed by atoms with Crippen molar-refractivity contribution in [3.8, 4) is 11.3 Å². The number of rotatable bonds is 12. The summed E-state index contributed by atoms with van der Waals surface area (Å²) >= 11 is 0. The molecule has 0 fully saturated rings. The number of aromatic nitrogens is 2. The van der Waals surface area contributed by atoms with Crippen molar-refractivity contribution in [2.75, 3.05) is 0 Å². The van der Waals surface area contributed by atoms with Gasteiger partial charge < -0.3 is 25.2 Å². The Bertz CT molecular complexity index is 1140. The highest BCUT2D eigenvalue weighted by atomic mass is 16.4. The van der Waals surface area contributed by atoms with Crippen molar-refractivity contribution in [3.63, 3.8) is 0 Å². The summed E-state index contributed by atoms with van der Waals surface area (Å²) in [5.41, 5.74) is 3.32. The van der Waals surface area contributed by atoms with Crippen LogP contribution in [0.15, 0.2) is 60.7 Å². The molecular formula is C28H35N3O5. The Morgan fingerprint density at radius 1 is 0.944 bits per heavy atom. The summed E-state index contributed by atoms with van der Waals surface area (Å²) in [5, 5.41) is 32.3. The number of carbonyl (C=O) groups is 2. The van der Waals surface area contributed by atoms with E-state index >= 15 is 0 Å². The molecule has 2 aromatic carbocycles. The molecule has 3 atom stereocenters. The van der Waals surface area contributed by atoms with E-state index in [1.165, 1.54) is 0 Å². The van der Waals surface area contributed by atoms with Gasteiger partial charge in [0.15, 0.2) is 5.82 Å². The number of aliphatic carboxylic acids is 1. The fourth-order valence-electron chi connectivity index (χ4n) is 4.36. The monoisotopic (exact) mass is 493 g/mol. The highest BCUT2D eigenvalue weighted by Gasteiger charge is 2.26. The van der Waals surface area contributed by atoms with Gasteiger partial charge in [-0.05, 0) is 45.6 Å². The molecule has 0 aliphatic heterocycles. The maximum absolute atomic E-state index is 13.4. The molecule has 36 heavy (non-hydrogen) atoms. The average molecular weight is 494 g/mol. The minimum atomic E-state index is -1.12. The zero-order valence-electron chi connectivity index (χ0n) is 21.0. The summed E-state index contributed by atoms with van der Waals surface area (Å²) in [6, 6.07) is 19.0. The van der Waals surface area contributed by atoms with Gasteiger partial charge in [0.1, 0.15) is 0 Å². The van der Waals surface area contributed by atoms with Gasteiger partial charge in [0.2, 0.25) is 0 Å². The van der Waals surface area contributed by atoms with Crippen molar-refractivity contribution in [2.24, 2.45) is 0 Å². The molecule has 3 aromatic rings. The number of carboxylic acids is 1. The molecule has 0 saturated carbocycles. The normalized spacial score (nSPS) is 13.8. The lowest BCUT2D eigenvalue weighted by Gasteiger charge is -2.19. The van der Waals surface area contributed by atoms with Crippen LogP contribution in [0.5, 0.6) is 0 Å². The Labute approximate surface area is 211 Å². The lowest BCUT2D eigenvalue weighted by Crippen LogP contribution is -2.30. The number of imidazole rings is 1. The summed E-state index contributed by atoms with van der Waals surface area (Å²) in [6.07, 6.45) is -1.78. The van der Waals surface area contributed by atoms with E-state index in [2.05, 4.69) is 5.32 Å². The number of carboxylic acid groups (broad SMARTS) is 1. The fourth-order valence-corrected chi connectivity index (χ4v) is 4.36. The standard InChI is InChI=1S/C28H35N3O5/c1-18(2)31-24(15-14-22(32)16-23(33)17-25(34)35)26(21-12-8-5-9-13-21)30-27(31)28(36)29-19(3)20-10-6-4-7-11-20/h4-13,18-19,22-23,32-33H,14-17H2,1-3H3,(H,29,36)(H,34,35)/t19-,22+,23+/m0/s1. The molecule has 0 aliphatic rings. The van der Waals surface area contributed by atoms with Gasteiger partial charge in [0, 0.05) is 17.3 Å². The van der Waals surface area contributed by atoms with Crippen molar-refractivity contribution in [3.05, 3.63) is 77.7 Å². The first-order valence-corrected chi connectivity index (χ1v) is 12.3. The van der Waals surface area contributed by atoms with Gasteiger partial charge in [-0.15, -0.1) is 0 Å². The lowest BCUT2D eigenvalue weighted by atomic mass is 10.0.